The number of hydrogen-bond acceptors (Lipinski definition) is 4. The van der Waals surface area contributed by atoms with E-state index in [1.54, 1.807) is 22.7 Å². The molecule has 3 rings (SSSR count). The third-order valence-electron chi connectivity index (χ3n) is 2.32. The Bertz CT molecular complexity index is 611. The van der Waals surface area contributed by atoms with Crippen LogP contribution in [0.15, 0.2) is 35.0 Å². The largest absolute Gasteiger partial charge is 0.331 e. The van der Waals surface area contributed by atoms with E-state index in [4.69, 9.17) is 0 Å². The van der Waals surface area contributed by atoms with Gasteiger partial charge in [0.25, 0.3) is 0 Å². The third-order valence-corrected chi connectivity index (χ3v) is 3.95. The van der Waals surface area contributed by atoms with Gasteiger partial charge < -0.3 is 5.32 Å². The van der Waals surface area contributed by atoms with Crippen molar-refractivity contribution in [1.29, 1.82) is 0 Å². The lowest BCUT2D eigenvalue weighted by atomic mass is 10.2. The maximum absolute atomic E-state index is 4.56. The lowest BCUT2D eigenvalue weighted by Gasteiger charge is -1.95. The Morgan fingerprint density at radius 3 is 3.00 bits per heavy atom. The number of thiazole rings is 1. The normalized spacial score (nSPS) is 10.8. The maximum Gasteiger partial charge on any atom is 0.188 e. The second kappa shape index (κ2) is 3.88. The summed E-state index contributed by atoms with van der Waals surface area (Å²) in [5.74, 6) is 0. The van der Waals surface area contributed by atoms with Crippen molar-refractivity contribution in [3.63, 3.8) is 0 Å². The van der Waals surface area contributed by atoms with Gasteiger partial charge in [0.2, 0.25) is 0 Å². The van der Waals surface area contributed by atoms with Crippen LogP contribution < -0.4 is 5.32 Å². The lowest BCUT2D eigenvalue weighted by Crippen LogP contribution is -1.85. The minimum atomic E-state index is 0.957. The minimum absolute atomic E-state index is 0.957. The van der Waals surface area contributed by atoms with Gasteiger partial charge in [-0.05, 0) is 36.1 Å². The van der Waals surface area contributed by atoms with E-state index in [1.807, 2.05) is 0 Å². The van der Waals surface area contributed by atoms with Crippen LogP contribution in [-0.2, 0) is 0 Å². The fourth-order valence-electron chi connectivity index (χ4n) is 1.55. The van der Waals surface area contributed by atoms with Crippen molar-refractivity contribution in [2.75, 3.05) is 5.32 Å². The summed E-state index contributed by atoms with van der Waals surface area (Å²) in [6, 6.07) is 8.42. The van der Waals surface area contributed by atoms with E-state index in [1.165, 1.54) is 10.3 Å². The molecule has 2 aromatic heterocycles. The molecule has 2 nitrogen and oxygen atoms in total. The SMILES string of the molecule is Cc1ccc2sc(Nc3ccsc3)nc2c1. The molecule has 4 heteroatoms. The summed E-state index contributed by atoms with van der Waals surface area (Å²) >= 11 is 3.37. The van der Waals surface area contributed by atoms with E-state index in [2.05, 4.69) is 52.3 Å². The van der Waals surface area contributed by atoms with Crippen molar-refractivity contribution in [3.8, 4) is 0 Å². The van der Waals surface area contributed by atoms with Gasteiger partial charge in [0.15, 0.2) is 5.13 Å². The molecule has 0 bridgehead atoms. The molecule has 1 aromatic carbocycles. The fraction of sp³-hybridized carbons (Fsp3) is 0.0833. The van der Waals surface area contributed by atoms with Crippen molar-refractivity contribution < 1.29 is 0 Å². The molecule has 0 spiro atoms. The molecule has 0 saturated carbocycles. The highest BCUT2D eigenvalue weighted by atomic mass is 32.1. The van der Waals surface area contributed by atoms with Crippen molar-refractivity contribution in [2.45, 2.75) is 6.92 Å². The molecule has 0 saturated heterocycles. The number of fused-ring (bicyclic) bond motifs is 1. The van der Waals surface area contributed by atoms with E-state index >= 15 is 0 Å². The Kier molecular flexibility index (Phi) is 2.38. The zero-order valence-corrected chi connectivity index (χ0v) is 10.4. The van der Waals surface area contributed by atoms with Crippen molar-refractivity contribution in [3.05, 3.63) is 40.6 Å². The smallest absolute Gasteiger partial charge is 0.188 e. The van der Waals surface area contributed by atoms with Crippen molar-refractivity contribution >= 4 is 43.7 Å². The first-order valence-corrected chi connectivity index (χ1v) is 6.73. The van der Waals surface area contributed by atoms with E-state index in [-0.39, 0.29) is 0 Å². The topological polar surface area (TPSA) is 24.9 Å². The van der Waals surface area contributed by atoms with Gasteiger partial charge in [-0.15, -0.1) is 0 Å². The molecule has 0 aliphatic rings. The van der Waals surface area contributed by atoms with Crippen LogP contribution in [0.4, 0.5) is 10.8 Å². The monoisotopic (exact) mass is 246 g/mol. The van der Waals surface area contributed by atoms with Crippen LogP contribution in [0, 0.1) is 6.92 Å². The van der Waals surface area contributed by atoms with Gasteiger partial charge in [-0.2, -0.15) is 11.3 Å². The summed E-state index contributed by atoms with van der Waals surface area (Å²) in [6.45, 7) is 2.09. The van der Waals surface area contributed by atoms with E-state index in [0.29, 0.717) is 0 Å². The Hall–Kier alpha value is -1.39. The molecule has 0 atom stereocenters. The number of aryl methyl sites for hydroxylation is 1. The first-order valence-electron chi connectivity index (χ1n) is 4.98. The predicted octanol–water partition coefficient (Wildman–Crippen LogP) is 4.41. The van der Waals surface area contributed by atoms with Gasteiger partial charge in [-0.1, -0.05) is 17.4 Å². The van der Waals surface area contributed by atoms with Gasteiger partial charge >= 0.3 is 0 Å². The number of hydrogen-bond donors (Lipinski definition) is 1. The van der Waals surface area contributed by atoms with E-state index in [0.717, 1.165) is 16.3 Å². The van der Waals surface area contributed by atoms with Crippen molar-refractivity contribution in [2.24, 2.45) is 0 Å². The summed E-state index contributed by atoms with van der Waals surface area (Å²) in [5, 5.41) is 8.40. The van der Waals surface area contributed by atoms with Crippen LogP contribution in [0.3, 0.4) is 0 Å². The summed E-state index contributed by atoms with van der Waals surface area (Å²) in [4.78, 5) is 4.56. The highest BCUT2D eigenvalue weighted by Crippen LogP contribution is 2.29. The van der Waals surface area contributed by atoms with Crippen LogP contribution in [0.1, 0.15) is 5.56 Å². The van der Waals surface area contributed by atoms with Gasteiger partial charge in [0, 0.05) is 5.38 Å². The van der Waals surface area contributed by atoms with Gasteiger partial charge in [0.1, 0.15) is 0 Å². The van der Waals surface area contributed by atoms with Crippen LogP contribution in [0.2, 0.25) is 0 Å². The second-order valence-corrected chi connectivity index (χ2v) is 5.44. The number of nitrogens with zero attached hydrogens (tertiary/aromatic N) is 1. The Labute approximate surface area is 102 Å². The highest BCUT2D eigenvalue weighted by Gasteiger charge is 2.03. The highest BCUT2D eigenvalue weighted by molar-refractivity contribution is 7.22. The molecule has 0 amide bonds. The average Bonchev–Trinajstić information content (AvgIpc) is 2.86. The quantitative estimate of drug-likeness (QED) is 0.724. The first kappa shape index (κ1) is 9.81. The maximum atomic E-state index is 4.56. The predicted molar refractivity (Wildman–Crippen MR) is 72.0 cm³/mol. The molecule has 0 aliphatic heterocycles. The standard InChI is InChI=1S/C12H10N2S2/c1-8-2-3-11-10(6-8)14-12(16-11)13-9-4-5-15-7-9/h2-7H,1H3,(H,13,14). The van der Waals surface area contributed by atoms with Crippen LogP contribution in [0.25, 0.3) is 10.2 Å². The summed E-state index contributed by atoms with van der Waals surface area (Å²) in [5.41, 5.74) is 3.43. The number of nitrogens with one attached hydrogen (secondary N) is 1. The van der Waals surface area contributed by atoms with Gasteiger partial charge in [-0.25, -0.2) is 4.98 Å². The number of benzene rings is 1. The Morgan fingerprint density at radius 2 is 2.19 bits per heavy atom. The molecule has 80 valence electrons. The fourth-order valence-corrected chi connectivity index (χ4v) is 3.00. The van der Waals surface area contributed by atoms with Crippen LogP contribution >= 0.6 is 22.7 Å². The zero-order valence-electron chi connectivity index (χ0n) is 8.73. The van der Waals surface area contributed by atoms with Gasteiger partial charge in [-0.3, -0.25) is 0 Å². The van der Waals surface area contributed by atoms with E-state index < -0.39 is 0 Å². The molecule has 16 heavy (non-hydrogen) atoms. The number of thiophene rings is 1. The second-order valence-electron chi connectivity index (χ2n) is 3.63. The molecule has 0 aliphatic carbocycles. The third kappa shape index (κ3) is 1.81. The zero-order chi connectivity index (χ0) is 11.0. The van der Waals surface area contributed by atoms with Gasteiger partial charge in [0.05, 0.1) is 15.9 Å². The molecule has 0 fully saturated rings. The molecule has 0 unspecified atom stereocenters. The number of rotatable bonds is 2. The first-order chi connectivity index (χ1) is 7.81. The minimum Gasteiger partial charge on any atom is -0.331 e. The average molecular weight is 246 g/mol. The number of aromatic nitrogens is 1. The number of anilines is 2. The molecule has 1 N–H and O–H groups in total. The summed E-state index contributed by atoms with van der Waals surface area (Å²) in [6.07, 6.45) is 0. The lowest BCUT2D eigenvalue weighted by molar-refractivity contribution is 1.43. The molecular formula is C12H10N2S2. The van der Waals surface area contributed by atoms with E-state index in [9.17, 15) is 0 Å². The van der Waals surface area contributed by atoms with Crippen LogP contribution in [-0.4, -0.2) is 4.98 Å². The van der Waals surface area contributed by atoms with Crippen molar-refractivity contribution in [1.82, 2.24) is 4.98 Å². The van der Waals surface area contributed by atoms with Crippen LogP contribution in [0.5, 0.6) is 0 Å². The Morgan fingerprint density at radius 1 is 1.25 bits per heavy atom. The summed E-state index contributed by atoms with van der Waals surface area (Å²) < 4.78 is 1.23. The Balaban J connectivity index is 1.99. The molecule has 2 heterocycles. The molecule has 0 radical (unpaired) electrons. The molecule has 3 aromatic rings. The molecular weight excluding hydrogens is 236 g/mol. The summed E-state index contributed by atoms with van der Waals surface area (Å²) in [7, 11) is 0.